The van der Waals surface area contributed by atoms with Crippen molar-refractivity contribution in [3.8, 4) is 5.75 Å². The number of halogens is 1. The van der Waals surface area contributed by atoms with Crippen molar-refractivity contribution in [3.63, 3.8) is 0 Å². The molecule has 0 atom stereocenters. The molecule has 0 heterocycles. The normalized spacial score (nSPS) is 10.0. The highest BCUT2D eigenvalue weighted by Crippen LogP contribution is 2.20. The van der Waals surface area contributed by atoms with Crippen LogP contribution in [0.25, 0.3) is 0 Å². The molecule has 0 unspecified atom stereocenters. The van der Waals surface area contributed by atoms with Crippen LogP contribution in [0, 0.1) is 0 Å². The van der Waals surface area contributed by atoms with Crippen molar-refractivity contribution in [3.05, 3.63) is 29.8 Å². The van der Waals surface area contributed by atoms with Gasteiger partial charge in [0.25, 0.3) is 5.24 Å². The second-order valence-electron chi connectivity index (χ2n) is 3.33. The van der Waals surface area contributed by atoms with Gasteiger partial charge in [0.1, 0.15) is 5.75 Å². The van der Waals surface area contributed by atoms with Gasteiger partial charge in [0, 0.05) is 0 Å². The van der Waals surface area contributed by atoms with Crippen molar-refractivity contribution in [2.45, 2.75) is 26.2 Å². The van der Waals surface area contributed by atoms with E-state index < -0.39 is 5.24 Å². The van der Waals surface area contributed by atoms with E-state index in [0.29, 0.717) is 17.9 Å². The molecule has 82 valence electrons. The van der Waals surface area contributed by atoms with E-state index in [9.17, 15) is 4.79 Å². The maximum atomic E-state index is 11.0. The number of benzene rings is 1. The van der Waals surface area contributed by atoms with Gasteiger partial charge in [0.15, 0.2) is 0 Å². The molecule has 1 aromatic carbocycles. The Labute approximate surface area is 95.2 Å². The van der Waals surface area contributed by atoms with Gasteiger partial charge < -0.3 is 4.74 Å². The molecular formula is C12H15ClO2. The van der Waals surface area contributed by atoms with E-state index in [-0.39, 0.29) is 0 Å². The van der Waals surface area contributed by atoms with Crippen LogP contribution < -0.4 is 4.74 Å². The number of hydrogen-bond acceptors (Lipinski definition) is 2. The molecule has 2 nitrogen and oxygen atoms in total. The van der Waals surface area contributed by atoms with Crippen LogP contribution >= 0.6 is 11.6 Å². The molecule has 0 aliphatic rings. The summed E-state index contributed by atoms with van der Waals surface area (Å²) in [7, 11) is 0. The topological polar surface area (TPSA) is 26.3 Å². The molecule has 0 fully saturated rings. The molecule has 1 aromatic rings. The average molecular weight is 227 g/mol. The SMILES string of the molecule is CCCCCOc1ccccc1C(=O)Cl. The van der Waals surface area contributed by atoms with Gasteiger partial charge in [0.2, 0.25) is 0 Å². The van der Waals surface area contributed by atoms with Crippen LogP contribution in [0.3, 0.4) is 0 Å². The molecule has 0 saturated carbocycles. The van der Waals surface area contributed by atoms with Crippen molar-refractivity contribution in [1.29, 1.82) is 0 Å². The number of ether oxygens (including phenoxy) is 1. The van der Waals surface area contributed by atoms with Crippen molar-refractivity contribution < 1.29 is 9.53 Å². The zero-order chi connectivity index (χ0) is 11.1. The van der Waals surface area contributed by atoms with E-state index in [2.05, 4.69) is 6.92 Å². The first-order valence-corrected chi connectivity index (χ1v) is 5.55. The summed E-state index contributed by atoms with van der Waals surface area (Å²) >= 11 is 5.43. The molecule has 0 aliphatic heterocycles. The van der Waals surface area contributed by atoms with Crippen molar-refractivity contribution in [2.24, 2.45) is 0 Å². The van der Waals surface area contributed by atoms with Crippen LogP contribution in [0.1, 0.15) is 36.5 Å². The van der Waals surface area contributed by atoms with E-state index in [1.807, 2.05) is 6.07 Å². The predicted molar refractivity (Wildman–Crippen MR) is 61.6 cm³/mol. The zero-order valence-corrected chi connectivity index (χ0v) is 9.59. The fourth-order valence-electron chi connectivity index (χ4n) is 1.29. The maximum Gasteiger partial charge on any atom is 0.256 e. The first-order valence-electron chi connectivity index (χ1n) is 5.17. The molecule has 15 heavy (non-hydrogen) atoms. The largest absolute Gasteiger partial charge is 0.493 e. The Morgan fingerprint density at radius 2 is 2.07 bits per heavy atom. The van der Waals surface area contributed by atoms with E-state index >= 15 is 0 Å². The highest BCUT2D eigenvalue weighted by Gasteiger charge is 2.08. The third-order valence-electron chi connectivity index (χ3n) is 2.10. The van der Waals surface area contributed by atoms with Gasteiger partial charge in [-0.2, -0.15) is 0 Å². The van der Waals surface area contributed by atoms with Crippen LogP contribution in [0.15, 0.2) is 24.3 Å². The average Bonchev–Trinajstić information content (AvgIpc) is 2.25. The molecule has 0 aromatic heterocycles. The van der Waals surface area contributed by atoms with Crippen molar-refractivity contribution >= 4 is 16.8 Å². The molecule has 0 N–H and O–H groups in total. The van der Waals surface area contributed by atoms with Gasteiger partial charge in [0.05, 0.1) is 12.2 Å². The lowest BCUT2D eigenvalue weighted by molar-refractivity contribution is 0.107. The second kappa shape index (κ2) is 6.46. The van der Waals surface area contributed by atoms with Gasteiger partial charge >= 0.3 is 0 Å². The molecular weight excluding hydrogens is 212 g/mol. The lowest BCUT2D eigenvalue weighted by atomic mass is 10.2. The summed E-state index contributed by atoms with van der Waals surface area (Å²) in [6.07, 6.45) is 3.29. The fourth-order valence-corrected chi connectivity index (χ4v) is 1.45. The van der Waals surface area contributed by atoms with E-state index in [1.54, 1.807) is 18.2 Å². The number of carbonyl (C=O) groups is 1. The lowest BCUT2D eigenvalue weighted by Crippen LogP contribution is -2.01. The number of carbonyl (C=O) groups excluding carboxylic acids is 1. The predicted octanol–water partition coefficient (Wildman–Crippen LogP) is 3.63. The molecule has 0 bridgehead atoms. The summed E-state index contributed by atoms with van der Waals surface area (Å²) in [5, 5.41) is -0.471. The summed E-state index contributed by atoms with van der Waals surface area (Å²) in [4.78, 5) is 11.0. The highest BCUT2D eigenvalue weighted by atomic mass is 35.5. The molecule has 0 spiro atoms. The number of para-hydroxylation sites is 1. The molecule has 1 rings (SSSR count). The smallest absolute Gasteiger partial charge is 0.256 e. The molecule has 0 radical (unpaired) electrons. The monoisotopic (exact) mass is 226 g/mol. The summed E-state index contributed by atoms with van der Waals surface area (Å²) in [6, 6.07) is 7.04. The van der Waals surface area contributed by atoms with Crippen molar-refractivity contribution in [2.75, 3.05) is 6.61 Å². The molecule has 3 heteroatoms. The van der Waals surface area contributed by atoms with Crippen LogP contribution in [-0.4, -0.2) is 11.8 Å². The van der Waals surface area contributed by atoms with Crippen LogP contribution in [0.4, 0.5) is 0 Å². The zero-order valence-electron chi connectivity index (χ0n) is 8.83. The van der Waals surface area contributed by atoms with Crippen LogP contribution in [0.5, 0.6) is 5.75 Å². The Hall–Kier alpha value is -1.02. The fraction of sp³-hybridized carbons (Fsp3) is 0.417. The van der Waals surface area contributed by atoms with E-state index in [0.717, 1.165) is 19.3 Å². The Balaban J connectivity index is 2.56. The van der Waals surface area contributed by atoms with Gasteiger partial charge in [-0.1, -0.05) is 31.9 Å². The van der Waals surface area contributed by atoms with Gasteiger partial charge in [-0.05, 0) is 30.2 Å². The minimum atomic E-state index is -0.471. The standard InChI is InChI=1S/C12H15ClO2/c1-2-3-6-9-15-11-8-5-4-7-10(11)12(13)14/h4-5,7-8H,2-3,6,9H2,1H3. The summed E-state index contributed by atoms with van der Waals surface area (Å²) in [5.41, 5.74) is 0.440. The van der Waals surface area contributed by atoms with Crippen LogP contribution in [-0.2, 0) is 0 Å². The molecule has 0 aliphatic carbocycles. The molecule has 0 amide bonds. The highest BCUT2D eigenvalue weighted by molar-refractivity contribution is 6.68. The van der Waals surface area contributed by atoms with E-state index in [4.69, 9.17) is 16.3 Å². The number of hydrogen-bond donors (Lipinski definition) is 0. The summed E-state index contributed by atoms with van der Waals surface area (Å²) < 4.78 is 5.50. The maximum absolute atomic E-state index is 11.0. The lowest BCUT2D eigenvalue weighted by Gasteiger charge is -2.08. The third-order valence-corrected chi connectivity index (χ3v) is 2.31. The summed E-state index contributed by atoms with van der Waals surface area (Å²) in [5.74, 6) is 0.577. The minimum absolute atomic E-state index is 0.440. The Bertz CT molecular complexity index is 323. The van der Waals surface area contributed by atoms with Gasteiger partial charge in [-0.15, -0.1) is 0 Å². The Kier molecular flexibility index (Phi) is 5.19. The Morgan fingerprint density at radius 1 is 1.33 bits per heavy atom. The number of unbranched alkanes of at least 4 members (excludes halogenated alkanes) is 2. The third kappa shape index (κ3) is 3.92. The van der Waals surface area contributed by atoms with E-state index in [1.165, 1.54) is 0 Å². The van der Waals surface area contributed by atoms with Crippen molar-refractivity contribution in [1.82, 2.24) is 0 Å². The van der Waals surface area contributed by atoms with Gasteiger partial charge in [-0.3, -0.25) is 4.79 Å². The Morgan fingerprint density at radius 3 is 2.73 bits per heavy atom. The van der Waals surface area contributed by atoms with Gasteiger partial charge in [-0.25, -0.2) is 0 Å². The quantitative estimate of drug-likeness (QED) is 0.547. The second-order valence-corrected chi connectivity index (χ2v) is 3.67. The van der Waals surface area contributed by atoms with Crippen LogP contribution in [0.2, 0.25) is 0 Å². The summed E-state index contributed by atoms with van der Waals surface area (Å²) in [6.45, 7) is 2.77. The molecule has 0 saturated heterocycles. The minimum Gasteiger partial charge on any atom is -0.493 e. The first kappa shape index (κ1) is 12.1. The first-order chi connectivity index (χ1) is 7.25. The number of rotatable bonds is 6.